The van der Waals surface area contributed by atoms with Gasteiger partial charge in [0, 0.05) is 6.04 Å². The Morgan fingerprint density at radius 1 is 1.38 bits per heavy atom. The molecule has 1 atom stereocenters. The van der Waals surface area contributed by atoms with Crippen molar-refractivity contribution in [2.75, 3.05) is 13.2 Å². The van der Waals surface area contributed by atoms with Gasteiger partial charge in [0.05, 0.1) is 0 Å². The van der Waals surface area contributed by atoms with E-state index >= 15 is 0 Å². The maximum atomic E-state index is 9.02. The van der Waals surface area contributed by atoms with E-state index in [4.69, 9.17) is 9.84 Å². The Kier molecular flexibility index (Phi) is 2.36. The van der Waals surface area contributed by atoms with Crippen LogP contribution in [-0.4, -0.2) is 24.3 Å². The maximum absolute atomic E-state index is 9.02. The van der Waals surface area contributed by atoms with E-state index in [-0.39, 0.29) is 5.75 Å². The number of phenols is 1. The number of ether oxygens (including phenoxy) is 1. The number of aromatic hydroxyl groups is 1. The third-order valence-electron chi connectivity index (χ3n) is 2.21. The van der Waals surface area contributed by atoms with Crippen molar-refractivity contribution in [2.24, 2.45) is 0 Å². The lowest BCUT2D eigenvalue weighted by Crippen LogP contribution is -2.46. The van der Waals surface area contributed by atoms with Crippen molar-refractivity contribution >= 4 is 0 Å². The van der Waals surface area contributed by atoms with Crippen molar-refractivity contribution in [1.82, 2.24) is 5.32 Å². The van der Waals surface area contributed by atoms with Crippen LogP contribution in [0.15, 0.2) is 24.3 Å². The van der Waals surface area contributed by atoms with Gasteiger partial charge in [0.2, 0.25) is 0 Å². The zero-order valence-electron chi connectivity index (χ0n) is 7.36. The summed E-state index contributed by atoms with van der Waals surface area (Å²) in [6.45, 7) is 1.81. The molecule has 0 saturated carbocycles. The summed E-state index contributed by atoms with van der Waals surface area (Å²) in [7, 11) is 0. The second-order valence-electron chi connectivity index (χ2n) is 3.24. The third kappa shape index (κ3) is 2.12. The first-order valence-electron chi connectivity index (χ1n) is 4.50. The highest BCUT2D eigenvalue weighted by Gasteiger charge is 2.16. The van der Waals surface area contributed by atoms with Gasteiger partial charge >= 0.3 is 0 Å². The molecule has 2 rings (SSSR count). The van der Waals surface area contributed by atoms with Crippen molar-refractivity contribution in [2.45, 2.75) is 12.5 Å². The molecule has 1 aromatic rings. The Hall–Kier alpha value is -1.22. The van der Waals surface area contributed by atoms with Crippen molar-refractivity contribution in [3.05, 3.63) is 24.3 Å². The quantitative estimate of drug-likeness (QED) is 0.731. The van der Waals surface area contributed by atoms with Gasteiger partial charge < -0.3 is 15.2 Å². The average molecular weight is 179 g/mol. The SMILES string of the molecule is Oc1ccc(OCC2CCN2)cc1. The first-order valence-corrected chi connectivity index (χ1v) is 4.50. The first kappa shape index (κ1) is 8.38. The predicted molar refractivity (Wildman–Crippen MR) is 50.0 cm³/mol. The van der Waals surface area contributed by atoms with Crippen molar-refractivity contribution in [3.8, 4) is 11.5 Å². The van der Waals surface area contributed by atoms with Crippen LogP contribution < -0.4 is 10.1 Å². The van der Waals surface area contributed by atoms with Gasteiger partial charge in [-0.15, -0.1) is 0 Å². The van der Waals surface area contributed by atoms with Gasteiger partial charge in [-0.25, -0.2) is 0 Å². The largest absolute Gasteiger partial charge is 0.508 e. The summed E-state index contributed by atoms with van der Waals surface area (Å²) in [6, 6.07) is 7.31. The highest BCUT2D eigenvalue weighted by molar-refractivity contribution is 5.30. The lowest BCUT2D eigenvalue weighted by Gasteiger charge is -2.27. The van der Waals surface area contributed by atoms with Crippen LogP contribution >= 0.6 is 0 Å². The zero-order valence-corrected chi connectivity index (χ0v) is 7.36. The van der Waals surface area contributed by atoms with E-state index in [1.54, 1.807) is 24.3 Å². The summed E-state index contributed by atoms with van der Waals surface area (Å²) < 4.78 is 5.49. The molecule has 0 spiro atoms. The highest BCUT2D eigenvalue weighted by atomic mass is 16.5. The fourth-order valence-corrected chi connectivity index (χ4v) is 1.23. The molecule has 0 amide bonds. The van der Waals surface area contributed by atoms with E-state index in [2.05, 4.69) is 5.32 Å². The molecule has 1 aromatic carbocycles. The van der Waals surface area contributed by atoms with Crippen LogP contribution in [0.4, 0.5) is 0 Å². The van der Waals surface area contributed by atoms with Gasteiger partial charge in [-0.1, -0.05) is 0 Å². The minimum absolute atomic E-state index is 0.272. The third-order valence-corrected chi connectivity index (χ3v) is 2.21. The van der Waals surface area contributed by atoms with Crippen molar-refractivity contribution in [3.63, 3.8) is 0 Å². The number of phenolic OH excluding ortho intramolecular Hbond substituents is 1. The second kappa shape index (κ2) is 3.66. The molecule has 1 saturated heterocycles. The average Bonchev–Trinajstić information content (AvgIpc) is 2.05. The van der Waals surface area contributed by atoms with Crippen LogP contribution in [0, 0.1) is 0 Å². The van der Waals surface area contributed by atoms with Crippen LogP contribution in [0.25, 0.3) is 0 Å². The molecule has 1 aliphatic rings. The number of hydrogen-bond donors (Lipinski definition) is 2. The van der Waals surface area contributed by atoms with Gasteiger partial charge in [-0.05, 0) is 37.2 Å². The normalized spacial score (nSPS) is 20.8. The van der Waals surface area contributed by atoms with Gasteiger partial charge in [0.15, 0.2) is 0 Å². The summed E-state index contributed by atoms with van der Waals surface area (Å²) in [6.07, 6.45) is 1.19. The first-order chi connectivity index (χ1) is 6.34. The number of hydrogen-bond acceptors (Lipinski definition) is 3. The molecule has 1 aliphatic heterocycles. The van der Waals surface area contributed by atoms with Crippen LogP contribution in [0.1, 0.15) is 6.42 Å². The predicted octanol–water partition coefficient (Wildman–Crippen LogP) is 1.13. The molecule has 1 fully saturated rings. The van der Waals surface area contributed by atoms with Gasteiger partial charge in [-0.3, -0.25) is 0 Å². The molecule has 0 radical (unpaired) electrons. The topological polar surface area (TPSA) is 41.5 Å². The van der Waals surface area contributed by atoms with Crippen LogP contribution in [0.5, 0.6) is 11.5 Å². The van der Waals surface area contributed by atoms with Crippen LogP contribution in [0.3, 0.4) is 0 Å². The molecule has 0 aliphatic carbocycles. The van der Waals surface area contributed by atoms with E-state index in [0.717, 1.165) is 12.3 Å². The second-order valence-corrected chi connectivity index (χ2v) is 3.24. The van der Waals surface area contributed by atoms with Crippen molar-refractivity contribution in [1.29, 1.82) is 0 Å². The standard InChI is InChI=1S/C10H13NO2/c12-9-1-3-10(4-2-9)13-7-8-5-6-11-8/h1-4,8,11-12H,5-7H2. The molecule has 70 valence electrons. The fraction of sp³-hybridized carbons (Fsp3) is 0.400. The Morgan fingerprint density at radius 3 is 2.62 bits per heavy atom. The minimum Gasteiger partial charge on any atom is -0.508 e. The molecular weight excluding hydrogens is 166 g/mol. The lowest BCUT2D eigenvalue weighted by atomic mass is 10.1. The number of rotatable bonds is 3. The van der Waals surface area contributed by atoms with E-state index in [1.165, 1.54) is 6.42 Å². The van der Waals surface area contributed by atoms with Gasteiger partial charge in [0.1, 0.15) is 18.1 Å². The van der Waals surface area contributed by atoms with E-state index in [1.807, 2.05) is 0 Å². The zero-order chi connectivity index (χ0) is 9.10. The summed E-state index contributed by atoms with van der Waals surface area (Å²) in [5.74, 6) is 1.08. The Bertz CT molecular complexity index is 267. The summed E-state index contributed by atoms with van der Waals surface area (Å²) in [5, 5.41) is 12.3. The summed E-state index contributed by atoms with van der Waals surface area (Å²) >= 11 is 0. The van der Waals surface area contributed by atoms with Crippen molar-refractivity contribution < 1.29 is 9.84 Å². The molecule has 1 heterocycles. The Labute approximate surface area is 77.3 Å². The molecular formula is C10H13NO2. The Morgan fingerprint density at radius 2 is 2.08 bits per heavy atom. The maximum Gasteiger partial charge on any atom is 0.119 e. The molecule has 3 nitrogen and oxygen atoms in total. The van der Waals surface area contributed by atoms with E-state index < -0.39 is 0 Å². The monoisotopic (exact) mass is 179 g/mol. The lowest BCUT2D eigenvalue weighted by molar-refractivity contribution is 0.217. The smallest absolute Gasteiger partial charge is 0.119 e. The molecule has 13 heavy (non-hydrogen) atoms. The van der Waals surface area contributed by atoms with E-state index in [0.29, 0.717) is 12.6 Å². The van der Waals surface area contributed by atoms with Crippen LogP contribution in [0.2, 0.25) is 0 Å². The molecule has 0 aromatic heterocycles. The summed E-state index contributed by atoms with van der Waals surface area (Å²) in [4.78, 5) is 0. The molecule has 1 unspecified atom stereocenters. The summed E-state index contributed by atoms with van der Waals surface area (Å²) in [5.41, 5.74) is 0. The fourth-order valence-electron chi connectivity index (χ4n) is 1.23. The molecule has 3 heteroatoms. The van der Waals surface area contributed by atoms with E-state index in [9.17, 15) is 0 Å². The number of nitrogens with one attached hydrogen (secondary N) is 1. The van der Waals surface area contributed by atoms with Gasteiger partial charge in [-0.2, -0.15) is 0 Å². The van der Waals surface area contributed by atoms with Crippen LogP contribution in [-0.2, 0) is 0 Å². The molecule has 2 N–H and O–H groups in total. The minimum atomic E-state index is 0.272. The molecule has 0 bridgehead atoms. The number of benzene rings is 1. The Balaban J connectivity index is 1.83. The van der Waals surface area contributed by atoms with Gasteiger partial charge in [0.25, 0.3) is 0 Å². The highest BCUT2D eigenvalue weighted by Crippen LogP contribution is 2.16.